The molecule has 122 valence electrons. The summed E-state index contributed by atoms with van der Waals surface area (Å²) in [6.07, 6.45) is 4.42. The van der Waals surface area contributed by atoms with Gasteiger partial charge in [0.15, 0.2) is 0 Å². The second kappa shape index (κ2) is 9.03. The van der Waals surface area contributed by atoms with E-state index in [-0.39, 0.29) is 17.7 Å². The van der Waals surface area contributed by atoms with Gasteiger partial charge in [-0.25, -0.2) is 0 Å². The van der Waals surface area contributed by atoms with Crippen molar-refractivity contribution in [2.45, 2.75) is 58.9 Å². The van der Waals surface area contributed by atoms with Crippen LogP contribution in [0.5, 0.6) is 0 Å². The summed E-state index contributed by atoms with van der Waals surface area (Å²) < 4.78 is 0. The van der Waals surface area contributed by atoms with E-state index in [1.54, 1.807) is 0 Å². The van der Waals surface area contributed by atoms with E-state index in [9.17, 15) is 9.59 Å². The molecule has 0 aliphatic carbocycles. The normalized spacial score (nSPS) is 21.7. The highest BCUT2D eigenvalue weighted by Crippen LogP contribution is 2.18. The molecule has 3 N–H and O–H groups in total. The van der Waals surface area contributed by atoms with Crippen molar-refractivity contribution in [2.24, 2.45) is 17.6 Å². The fraction of sp³-hybridized carbons (Fsp3) is 0.875. The van der Waals surface area contributed by atoms with Crippen molar-refractivity contribution in [2.75, 3.05) is 19.6 Å². The molecule has 0 saturated carbocycles. The Morgan fingerprint density at radius 2 is 2.10 bits per heavy atom. The van der Waals surface area contributed by atoms with Crippen LogP contribution in [-0.2, 0) is 9.59 Å². The molecule has 1 rings (SSSR count). The first-order valence-corrected chi connectivity index (χ1v) is 8.30. The number of nitrogens with zero attached hydrogens (tertiary/aromatic N) is 1. The molecular weight excluding hydrogens is 266 g/mol. The molecule has 3 unspecified atom stereocenters. The molecule has 0 aromatic carbocycles. The van der Waals surface area contributed by atoms with E-state index in [1.807, 2.05) is 18.7 Å². The number of piperidine rings is 1. The first-order chi connectivity index (χ1) is 9.99. The van der Waals surface area contributed by atoms with E-state index in [2.05, 4.69) is 12.2 Å². The molecule has 21 heavy (non-hydrogen) atoms. The Balaban J connectivity index is 2.44. The monoisotopic (exact) mass is 297 g/mol. The molecule has 1 aliphatic heterocycles. The van der Waals surface area contributed by atoms with E-state index in [0.717, 1.165) is 38.8 Å². The van der Waals surface area contributed by atoms with Crippen LogP contribution < -0.4 is 11.1 Å². The fourth-order valence-electron chi connectivity index (χ4n) is 2.71. The molecule has 5 heteroatoms. The zero-order valence-electron chi connectivity index (χ0n) is 13.7. The number of likely N-dealkylation sites (tertiary alicyclic amines) is 1. The minimum Gasteiger partial charge on any atom is -0.356 e. The van der Waals surface area contributed by atoms with Gasteiger partial charge in [-0.15, -0.1) is 0 Å². The Bertz CT molecular complexity index is 346. The van der Waals surface area contributed by atoms with Gasteiger partial charge in [0.05, 0.1) is 6.04 Å². The van der Waals surface area contributed by atoms with E-state index in [0.29, 0.717) is 18.9 Å². The number of nitrogens with one attached hydrogen (secondary N) is 1. The van der Waals surface area contributed by atoms with Gasteiger partial charge in [-0.1, -0.05) is 27.2 Å². The van der Waals surface area contributed by atoms with Crippen LogP contribution in [-0.4, -0.2) is 42.4 Å². The number of hydrogen-bond donors (Lipinski definition) is 2. The maximum Gasteiger partial charge on any atom is 0.239 e. The van der Waals surface area contributed by atoms with Crippen LogP contribution in [0.4, 0.5) is 0 Å². The molecule has 1 heterocycles. The van der Waals surface area contributed by atoms with Crippen LogP contribution in [0, 0.1) is 11.8 Å². The molecule has 5 nitrogen and oxygen atoms in total. The number of carbonyl (C=O) groups excluding carboxylic acids is 2. The molecule has 0 aromatic rings. The Kier molecular flexibility index (Phi) is 7.72. The molecule has 0 radical (unpaired) electrons. The third-order valence-corrected chi connectivity index (χ3v) is 4.44. The predicted molar refractivity (Wildman–Crippen MR) is 84.7 cm³/mol. The van der Waals surface area contributed by atoms with Gasteiger partial charge in [0.1, 0.15) is 0 Å². The lowest BCUT2D eigenvalue weighted by atomic mass is 9.94. The molecule has 0 spiro atoms. The number of carbonyl (C=O) groups is 2. The molecule has 0 aromatic heterocycles. The number of hydrogen-bond acceptors (Lipinski definition) is 3. The summed E-state index contributed by atoms with van der Waals surface area (Å²) in [6.45, 7) is 8.25. The van der Waals surface area contributed by atoms with Gasteiger partial charge < -0.3 is 16.0 Å². The van der Waals surface area contributed by atoms with Gasteiger partial charge in [-0.05, 0) is 31.1 Å². The third kappa shape index (κ3) is 5.65. The summed E-state index contributed by atoms with van der Waals surface area (Å²) in [7, 11) is 0. The average molecular weight is 297 g/mol. The summed E-state index contributed by atoms with van der Waals surface area (Å²) in [6, 6.07) is -0.400. The van der Waals surface area contributed by atoms with E-state index >= 15 is 0 Å². The maximum atomic E-state index is 12.4. The summed E-state index contributed by atoms with van der Waals surface area (Å²) in [5, 5.41) is 2.97. The first kappa shape index (κ1) is 18.0. The smallest absolute Gasteiger partial charge is 0.239 e. The van der Waals surface area contributed by atoms with E-state index in [1.165, 1.54) is 0 Å². The van der Waals surface area contributed by atoms with E-state index in [4.69, 9.17) is 5.73 Å². The van der Waals surface area contributed by atoms with Crippen molar-refractivity contribution >= 4 is 11.8 Å². The van der Waals surface area contributed by atoms with Crippen LogP contribution >= 0.6 is 0 Å². The molecule has 1 fully saturated rings. The second-order valence-corrected chi connectivity index (χ2v) is 6.26. The Morgan fingerprint density at radius 1 is 1.38 bits per heavy atom. The zero-order valence-corrected chi connectivity index (χ0v) is 13.7. The van der Waals surface area contributed by atoms with Crippen molar-refractivity contribution in [1.29, 1.82) is 0 Å². The quantitative estimate of drug-likeness (QED) is 0.748. The van der Waals surface area contributed by atoms with Crippen LogP contribution in [0.3, 0.4) is 0 Å². The molecule has 2 amide bonds. The minimum atomic E-state index is -0.400. The third-order valence-electron chi connectivity index (χ3n) is 4.44. The van der Waals surface area contributed by atoms with Crippen molar-refractivity contribution in [3.05, 3.63) is 0 Å². The van der Waals surface area contributed by atoms with Gasteiger partial charge in [-0.2, -0.15) is 0 Å². The van der Waals surface area contributed by atoms with E-state index < -0.39 is 6.04 Å². The highest BCUT2D eigenvalue weighted by Gasteiger charge is 2.29. The summed E-state index contributed by atoms with van der Waals surface area (Å²) in [4.78, 5) is 25.8. The molecule has 1 saturated heterocycles. The van der Waals surface area contributed by atoms with Crippen LogP contribution in [0.15, 0.2) is 0 Å². The Morgan fingerprint density at radius 3 is 2.71 bits per heavy atom. The fourth-order valence-corrected chi connectivity index (χ4v) is 2.71. The zero-order chi connectivity index (χ0) is 15.8. The summed E-state index contributed by atoms with van der Waals surface area (Å²) in [5.74, 6) is 0.737. The van der Waals surface area contributed by atoms with Crippen molar-refractivity contribution in [3.8, 4) is 0 Å². The number of amides is 2. The second-order valence-electron chi connectivity index (χ2n) is 6.26. The van der Waals surface area contributed by atoms with Crippen molar-refractivity contribution < 1.29 is 9.59 Å². The Labute approximate surface area is 128 Å². The largest absolute Gasteiger partial charge is 0.356 e. The Hall–Kier alpha value is -1.10. The van der Waals surface area contributed by atoms with Crippen molar-refractivity contribution in [3.63, 3.8) is 0 Å². The minimum absolute atomic E-state index is 0.0638. The molecule has 3 atom stereocenters. The lowest BCUT2D eigenvalue weighted by molar-refractivity contribution is -0.135. The maximum absolute atomic E-state index is 12.4. The SMILES string of the molecule is CCCC(=O)NCC1CCCN(C(=O)C(N)C(C)CC)C1. The summed E-state index contributed by atoms with van der Waals surface area (Å²) in [5.41, 5.74) is 6.05. The van der Waals surface area contributed by atoms with Gasteiger partial charge in [0.2, 0.25) is 11.8 Å². The lowest BCUT2D eigenvalue weighted by Crippen LogP contribution is -2.51. The van der Waals surface area contributed by atoms with Gasteiger partial charge in [0.25, 0.3) is 0 Å². The highest BCUT2D eigenvalue weighted by molar-refractivity contribution is 5.82. The number of rotatable bonds is 7. The van der Waals surface area contributed by atoms with Gasteiger partial charge in [0, 0.05) is 26.1 Å². The molecular formula is C16H31N3O2. The van der Waals surface area contributed by atoms with Gasteiger partial charge in [-0.3, -0.25) is 9.59 Å². The number of nitrogens with two attached hydrogens (primary N) is 1. The summed E-state index contributed by atoms with van der Waals surface area (Å²) >= 11 is 0. The molecule has 0 bridgehead atoms. The molecule has 1 aliphatic rings. The average Bonchev–Trinajstić information content (AvgIpc) is 2.51. The topological polar surface area (TPSA) is 75.4 Å². The highest BCUT2D eigenvalue weighted by atomic mass is 16.2. The van der Waals surface area contributed by atoms with Gasteiger partial charge >= 0.3 is 0 Å². The van der Waals surface area contributed by atoms with Crippen LogP contribution in [0.25, 0.3) is 0 Å². The van der Waals surface area contributed by atoms with Crippen LogP contribution in [0.2, 0.25) is 0 Å². The first-order valence-electron chi connectivity index (χ1n) is 8.30. The van der Waals surface area contributed by atoms with Crippen LogP contribution in [0.1, 0.15) is 52.9 Å². The van der Waals surface area contributed by atoms with Crippen molar-refractivity contribution in [1.82, 2.24) is 10.2 Å². The predicted octanol–water partition coefficient (Wildman–Crippen LogP) is 1.51. The lowest BCUT2D eigenvalue weighted by Gasteiger charge is -2.35. The standard InChI is InChI=1S/C16H31N3O2/c1-4-7-14(20)18-10-13-8-6-9-19(11-13)16(21)15(17)12(3)5-2/h12-13,15H,4-11,17H2,1-3H3,(H,18,20).